The first kappa shape index (κ1) is 17.6. The molecule has 116 valence electrons. The predicted octanol–water partition coefficient (Wildman–Crippen LogP) is 2.68. The van der Waals surface area contributed by atoms with E-state index in [1.165, 1.54) is 25.7 Å². The highest BCUT2D eigenvalue weighted by Crippen LogP contribution is 2.26. The van der Waals surface area contributed by atoms with Crippen LogP contribution >= 0.6 is 15.9 Å². The van der Waals surface area contributed by atoms with Gasteiger partial charge in [0.2, 0.25) is 0 Å². The summed E-state index contributed by atoms with van der Waals surface area (Å²) >= 11 is 3.60. The van der Waals surface area contributed by atoms with Gasteiger partial charge in [0.1, 0.15) is 0 Å². The average molecular weight is 346 g/mol. The molecule has 0 aliphatic heterocycles. The van der Waals surface area contributed by atoms with E-state index in [4.69, 9.17) is 5.84 Å². The highest BCUT2D eigenvalue weighted by atomic mass is 79.9. The summed E-state index contributed by atoms with van der Waals surface area (Å²) in [6.07, 6.45) is 7.90. The average Bonchev–Trinajstić information content (AvgIpc) is 2.78. The van der Waals surface area contributed by atoms with E-state index in [2.05, 4.69) is 57.1 Å². The molecule has 0 aromatic carbocycles. The van der Waals surface area contributed by atoms with Crippen molar-refractivity contribution < 1.29 is 0 Å². The summed E-state index contributed by atoms with van der Waals surface area (Å²) in [5.74, 6) is 5.75. The maximum absolute atomic E-state index is 5.75. The number of rotatable bonds is 10. The van der Waals surface area contributed by atoms with Gasteiger partial charge in [-0.15, -0.1) is 0 Å². The summed E-state index contributed by atoms with van der Waals surface area (Å²) < 4.78 is 3.09. The minimum atomic E-state index is 0.158. The van der Waals surface area contributed by atoms with Crippen LogP contribution in [0.4, 0.5) is 0 Å². The standard InChI is InChI=1S/C14H28BrN5/c1-4-5-6-7-8-13(18-16)14-12(15)11-17-20(14)10-9-19(2)3/h11,13,18H,4-10,16H2,1-3H3. The number of nitrogens with zero attached hydrogens (tertiary/aromatic N) is 3. The molecule has 1 heterocycles. The number of hydrogen-bond donors (Lipinski definition) is 2. The molecule has 0 saturated heterocycles. The third kappa shape index (κ3) is 5.52. The van der Waals surface area contributed by atoms with Crippen molar-refractivity contribution in [2.75, 3.05) is 20.6 Å². The molecular weight excluding hydrogens is 318 g/mol. The number of hydrogen-bond acceptors (Lipinski definition) is 4. The van der Waals surface area contributed by atoms with E-state index in [1.807, 2.05) is 6.20 Å². The highest BCUT2D eigenvalue weighted by Gasteiger charge is 2.18. The maximum Gasteiger partial charge on any atom is 0.0709 e. The summed E-state index contributed by atoms with van der Waals surface area (Å²) in [7, 11) is 4.14. The molecule has 0 amide bonds. The van der Waals surface area contributed by atoms with Crippen LogP contribution in [0.5, 0.6) is 0 Å². The minimum absolute atomic E-state index is 0.158. The first-order valence-electron chi connectivity index (χ1n) is 7.42. The monoisotopic (exact) mass is 345 g/mol. The number of nitrogens with two attached hydrogens (primary N) is 1. The Morgan fingerprint density at radius 1 is 1.40 bits per heavy atom. The fourth-order valence-electron chi connectivity index (χ4n) is 2.27. The van der Waals surface area contributed by atoms with Gasteiger partial charge >= 0.3 is 0 Å². The van der Waals surface area contributed by atoms with Crippen molar-refractivity contribution in [3.05, 3.63) is 16.4 Å². The van der Waals surface area contributed by atoms with Crippen LogP contribution in [0.25, 0.3) is 0 Å². The molecule has 5 nitrogen and oxygen atoms in total. The van der Waals surface area contributed by atoms with Crippen molar-refractivity contribution in [3.8, 4) is 0 Å². The SMILES string of the molecule is CCCCCCC(NN)c1c(Br)cnn1CCN(C)C. The number of nitrogens with one attached hydrogen (secondary N) is 1. The zero-order valence-corrected chi connectivity index (χ0v) is 14.5. The lowest BCUT2D eigenvalue weighted by Gasteiger charge is -2.19. The molecule has 0 bridgehead atoms. The van der Waals surface area contributed by atoms with Gasteiger partial charge in [-0.25, -0.2) is 0 Å². The van der Waals surface area contributed by atoms with Crippen molar-refractivity contribution in [2.45, 2.75) is 51.6 Å². The number of aromatic nitrogens is 2. The first-order chi connectivity index (χ1) is 9.60. The van der Waals surface area contributed by atoms with E-state index in [-0.39, 0.29) is 6.04 Å². The molecule has 0 fully saturated rings. The van der Waals surface area contributed by atoms with Gasteiger partial charge in [-0.3, -0.25) is 16.0 Å². The Hall–Kier alpha value is -0.430. The van der Waals surface area contributed by atoms with Crippen LogP contribution in [-0.4, -0.2) is 35.3 Å². The second-order valence-electron chi connectivity index (χ2n) is 5.47. The fraction of sp³-hybridized carbons (Fsp3) is 0.786. The molecular formula is C14H28BrN5. The Bertz CT molecular complexity index is 378. The van der Waals surface area contributed by atoms with Gasteiger partial charge in [-0.05, 0) is 36.4 Å². The largest absolute Gasteiger partial charge is 0.308 e. The van der Waals surface area contributed by atoms with Crippen LogP contribution in [-0.2, 0) is 6.54 Å². The van der Waals surface area contributed by atoms with Gasteiger partial charge in [0, 0.05) is 6.54 Å². The molecule has 0 aliphatic rings. The van der Waals surface area contributed by atoms with Gasteiger partial charge in [-0.2, -0.15) is 5.10 Å². The van der Waals surface area contributed by atoms with Crippen LogP contribution in [0.1, 0.15) is 50.8 Å². The normalized spacial score (nSPS) is 13.1. The van der Waals surface area contributed by atoms with E-state index in [0.717, 1.165) is 29.7 Å². The molecule has 1 aromatic heterocycles. The summed E-state index contributed by atoms with van der Waals surface area (Å²) in [5, 5.41) is 4.45. The molecule has 0 aliphatic carbocycles. The predicted molar refractivity (Wildman–Crippen MR) is 87.3 cm³/mol. The highest BCUT2D eigenvalue weighted by molar-refractivity contribution is 9.10. The number of unbranched alkanes of at least 4 members (excludes halogenated alkanes) is 3. The quantitative estimate of drug-likeness (QED) is 0.389. The second kappa shape index (κ2) is 9.50. The Morgan fingerprint density at radius 3 is 2.75 bits per heavy atom. The number of likely N-dealkylation sites (N-methyl/N-ethyl adjacent to an activating group) is 1. The lowest BCUT2D eigenvalue weighted by Crippen LogP contribution is -2.31. The van der Waals surface area contributed by atoms with Crippen LogP contribution in [0.2, 0.25) is 0 Å². The van der Waals surface area contributed by atoms with E-state index in [9.17, 15) is 0 Å². The number of hydrazine groups is 1. The molecule has 1 atom stereocenters. The smallest absolute Gasteiger partial charge is 0.0709 e. The van der Waals surface area contributed by atoms with E-state index >= 15 is 0 Å². The van der Waals surface area contributed by atoms with Gasteiger partial charge in [-0.1, -0.05) is 32.6 Å². The molecule has 0 radical (unpaired) electrons. The summed E-state index contributed by atoms with van der Waals surface area (Å²) in [4.78, 5) is 2.16. The molecule has 20 heavy (non-hydrogen) atoms. The van der Waals surface area contributed by atoms with Gasteiger partial charge < -0.3 is 4.90 Å². The summed E-state index contributed by atoms with van der Waals surface area (Å²) in [6, 6.07) is 0.158. The van der Waals surface area contributed by atoms with Crippen molar-refractivity contribution >= 4 is 15.9 Å². The van der Waals surface area contributed by atoms with E-state index in [1.54, 1.807) is 0 Å². The van der Waals surface area contributed by atoms with E-state index < -0.39 is 0 Å². The van der Waals surface area contributed by atoms with Crippen molar-refractivity contribution in [1.29, 1.82) is 0 Å². The lowest BCUT2D eigenvalue weighted by molar-refractivity contribution is 0.358. The first-order valence-corrected chi connectivity index (χ1v) is 8.21. The van der Waals surface area contributed by atoms with Crippen LogP contribution in [0.15, 0.2) is 10.7 Å². The number of halogens is 1. The minimum Gasteiger partial charge on any atom is -0.308 e. The summed E-state index contributed by atoms with van der Waals surface area (Å²) in [5.41, 5.74) is 4.10. The lowest BCUT2D eigenvalue weighted by atomic mass is 10.1. The molecule has 1 rings (SSSR count). The zero-order valence-electron chi connectivity index (χ0n) is 12.9. The summed E-state index contributed by atoms with van der Waals surface area (Å²) in [6.45, 7) is 4.07. The Balaban J connectivity index is 2.67. The fourth-order valence-corrected chi connectivity index (χ4v) is 2.84. The Morgan fingerprint density at radius 2 is 2.15 bits per heavy atom. The molecule has 0 spiro atoms. The Labute approximate surface area is 131 Å². The van der Waals surface area contributed by atoms with Gasteiger partial charge in [0.25, 0.3) is 0 Å². The van der Waals surface area contributed by atoms with Crippen LogP contribution < -0.4 is 11.3 Å². The van der Waals surface area contributed by atoms with E-state index in [0.29, 0.717) is 0 Å². The third-order valence-electron chi connectivity index (χ3n) is 3.47. The molecule has 6 heteroatoms. The van der Waals surface area contributed by atoms with Crippen molar-refractivity contribution in [1.82, 2.24) is 20.1 Å². The molecule has 0 saturated carbocycles. The van der Waals surface area contributed by atoms with Gasteiger partial charge in [0.15, 0.2) is 0 Å². The molecule has 1 unspecified atom stereocenters. The molecule has 3 N–H and O–H groups in total. The van der Waals surface area contributed by atoms with Crippen LogP contribution in [0, 0.1) is 0 Å². The topological polar surface area (TPSA) is 59.1 Å². The van der Waals surface area contributed by atoms with Crippen LogP contribution in [0.3, 0.4) is 0 Å². The van der Waals surface area contributed by atoms with Crippen molar-refractivity contribution in [2.24, 2.45) is 5.84 Å². The molecule has 1 aromatic rings. The van der Waals surface area contributed by atoms with Crippen molar-refractivity contribution in [3.63, 3.8) is 0 Å². The third-order valence-corrected chi connectivity index (χ3v) is 4.08. The maximum atomic E-state index is 5.75. The van der Waals surface area contributed by atoms with Gasteiger partial charge in [0.05, 0.1) is 29.0 Å². The Kier molecular flexibility index (Phi) is 8.37. The second-order valence-corrected chi connectivity index (χ2v) is 6.33. The zero-order chi connectivity index (χ0) is 15.0.